The van der Waals surface area contributed by atoms with Gasteiger partial charge in [-0.3, -0.25) is 5.01 Å². The lowest BCUT2D eigenvalue weighted by Crippen LogP contribution is -2.50. The van der Waals surface area contributed by atoms with Crippen LogP contribution in [0.25, 0.3) is 0 Å². The lowest BCUT2D eigenvalue weighted by molar-refractivity contribution is -0.158. The molecule has 0 fully saturated rings. The number of aliphatic imine (C=N–C) groups is 1. The molecule has 0 bridgehead atoms. The number of hydrogen-bond acceptors (Lipinski definition) is 5. The van der Waals surface area contributed by atoms with Crippen molar-refractivity contribution in [2.45, 2.75) is 32.2 Å². The van der Waals surface area contributed by atoms with Gasteiger partial charge in [0, 0.05) is 12.3 Å². The zero-order valence-corrected chi connectivity index (χ0v) is 9.72. The van der Waals surface area contributed by atoms with E-state index < -0.39 is 33.4 Å². The van der Waals surface area contributed by atoms with Gasteiger partial charge in [-0.2, -0.15) is 18.6 Å². The molecule has 0 saturated heterocycles. The number of rotatable bonds is 1. The summed E-state index contributed by atoms with van der Waals surface area (Å²) in [5.74, 6) is 0. The minimum absolute atomic E-state index is 0.444. The molecule has 9 heteroatoms. The van der Waals surface area contributed by atoms with Crippen LogP contribution >= 0.6 is 0 Å². The highest BCUT2D eigenvalue weighted by atomic mass is 32.2. The van der Waals surface area contributed by atoms with Crippen molar-refractivity contribution in [2.24, 2.45) is 4.99 Å². The predicted molar refractivity (Wildman–Crippen MR) is 52.2 cm³/mol. The molecule has 16 heavy (non-hydrogen) atoms. The summed E-state index contributed by atoms with van der Waals surface area (Å²) in [4.78, 5) is 3.15. The van der Waals surface area contributed by atoms with Gasteiger partial charge >= 0.3 is 6.18 Å². The Kier molecular flexibility index (Phi) is 3.21. The number of hydrazine groups is 1. The average Bonchev–Trinajstić information content (AvgIpc) is 2.44. The average molecular weight is 259 g/mol. The molecular formula is C7H12F3N3O2S. The van der Waals surface area contributed by atoms with E-state index in [-0.39, 0.29) is 0 Å². The topological polar surface area (TPSA) is 61.8 Å². The van der Waals surface area contributed by atoms with E-state index in [4.69, 9.17) is 0 Å². The second kappa shape index (κ2) is 3.88. The van der Waals surface area contributed by atoms with Crippen LogP contribution in [-0.2, 0) is 9.84 Å². The summed E-state index contributed by atoms with van der Waals surface area (Å²) in [6.07, 6.45) is -5.99. The highest BCUT2D eigenvalue weighted by Crippen LogP contribution is 2.26. The predicted octanol–water partition coefficient (Wildman–Crippen LogP) is 0.504. The Morgan fingerprint density at radius 3 is 2.19 bits per heavy atom. The van der Waals surface area contributed by atoms with Crippen LogP contribution in [0, 0.1) is 0 Å². The Morgan fingerprint density at radius 1 is 1.44 bits per heavy atom. The summed E-state index contributed by atoms with van der Waals surface area (Å²) in [5, 5.41) is 0.331. The van der Waals surface area contributed by atoms with Crippen LogP contribution in [0.15, 0.2) is 4.99 Å². The van der Waals surface area contributed by atoms with Gasteiger partial charge in [0.05, 0.1) is 0 Å². The summed E-state index contributed by atoms with van der Waals surface area (Å²) in [6.45, 7) is 3.12. The molecule has 0 amide bonds. The van der Waals surface area contributed by atoms with Gasteiger partial charge in [-0.25, -0.2) is 13.4 Å². The first-order valence-electron chi connectivity index (χ1n) is 4.43. The Morgan fingerprint density at radius 2 is 1.94 bits per heavy atom. The second-order valence-corrected chi connectivity index (χ2v) is 5.63. The van der Waals surface area contributed by atoms with Crippen molar-refractivity contribution in [1.82, 2.24) is 10.4 Å². The molecule has 1 unspecified atom stereocenters. The second-order valence-electron chi connectivity index (χ2n) is 3.72. The van der Waals surface area contributed by atoms with Crippen LogP contribution in [0.2, 0.25) is 0 Å². The van der Waals surface area contributed by atoms with Crippen LogP contribution in [0.5, 0.6) is 0 Å². The standard InChI is InChI=1S/C7H12F3N3O2S/c1-4(2)13-6(16(3,14)15)11-5(12-13)7(8,9)10/h4-5,12H,1-3H3. The van der Waals surface area contributed by atoms with Crippen molar-refractivity contribution in [3.05, 3.63) is 0 Å². The van der Waals surface area contributed by atoms with Crippen molar-refractivity contribution in [1.29, 1.82) is 0 Å². The molecule has 1 aliphatic heterocycles. The van der Waals surface area contributed by atoms with Crippen molar-refractivity contribution < 1.29 is 21.6 Å². The number of nitrogens with zero attached hydrogens (tertiary/aromatic N) is 2. The van der Waals surface area contributed by atoms with E-state index in [2.05, 4.69) is 4.99 Å². The number of halogens is 3. The van der Waals surface area contributed by atoms with E-state index >= 15 is 0 Å². The van der Waals surface area contributed by atoms with Crippen LogP contribution in [0.4, 0.5) is 13.2 Å². The maximum absolute atomic E-state index is 12.4. The van der Waals surface area contributed by atoms with E-state index in [9.17, 15) is 21.6 Å². The summed E-state index contributed by atoms with van der Waals surface area (Å²) >= 11 is 0. The number of hydrogen-bond donors (Lipinski definition) is 1. The molecule has 1 N–H and O–H groups in total. The molecule has 1 rings (SSSR count). The summed E-state index contributed by atoms with van der Waals surface area (Å²) in [7, 11) is -3.78. The van der Waals surface area contributed by atoms with Gasteiger partial charge in [0.1, 0.15) is 0 Å². The Bertz CT molecular complexity index is 402. The van der Waals surface area contributed by atoms with Gasteiger partial charge in [-0.1, -0.05) is 0 Å². The monoisotopic (exact) mass is 259 g/mol. The van der Waals surface area contributed by atoms with E-state index in [1.807, 2.05) is 5.43 Å². The molecule has 0 aliphatic carbocycles. The highest BCUT2D eigenvalue weighted by Gasteiger charge is 2.47. The third kappa shape index (κ3) is 2.64. The lowest BCUT2D eigenvalue weighted by atomic mass is 10.4. The summed E-state index contributed by atoms with van der Waals surface area (Å²) in [6, 6.07) is -0.444. The first-order valence-corrected chi connectivity index (χ1v) is 6.32. The SMILES string of the molecule is CC(C)N1NC(C(F)(F)F)N=C1S(C)(=O)=O. The molecule has 0 radical (unpaired) electrons. The molecule has 94 valence electrons. The Labute approximate surface area is 91.2 Å². The fourth-order valence-electron chi connectivity index (χ4n) is 1.18. The minimum Gasteiger partial charge on any atom is -0.278 e. The lowest BCUT2D eigenvalue weighted by Gasteiger charge is -2.24. The largest absolute Gasteiger partial charge is 0.425 e. The molecular weight excluding hydrogens is 247 g/mol. The number of sulfone groups is 1. The van der Waals surface area contributed by atoms with Gasteiger partial charge < -0.3 is 0 Å². The first-order chi connectivity index (χ1) is 7.03. The Hall–Kier alpha value is -0.830. The van der Waals surface area contributed by atoms with Gasteiger partial charge in [-0.05, 0) is 13.8 Å². The first kappa shape index (κ1) is 13.2. The van der Waals surface area contributed by atoms with Crippen molar-refractivity contribution >= 4 is 15.0 Å². The number of amidine groups is 1. The van der Waals surface area contributed by atoms with E-state index in [0.717, 1.165) is 11.3 Å². The molecule has 1 atom stereocenters. The van der Waals surface area contributed by atoms with Crippen LogP contribution in [0.1, 0.15) is 13.8 Å². The van der Waals surface area contributed by atoms with E-state index in [1.54, 1.807) is 13.8 Å². The van der Waals surface area contributed by atoms with Gasteiger partial charge in [0.25, 0.3) is 0 Å². The molecule has 5 nitrogen and oxygen atoms in total. The van der Waals surface area contributed by atoms with Crippen LogP contribution < -0.4 is 5.43 Å². The molecule has 1 heterocycles. The highest BCUT2D eigenvalue weighted by molar-refractivity contribution is 8.05. The molecule has 0 spiro atoms. The van der Waals surface area contributed by atoms with Gasteiger partial charge in [0.2, 0.25) is 21.2 Å². The van der Waals surface area contributed by atoms with Crippen LogP contribution in [0.3, 0.4) is 0 Å². The van der Waals surface area contributed by atoms with Crippen molar-refractivity contribution in [2.75, 3.05) is 6.26 Å². The zero-order chi connectivity index (χ0) is 12.7. The maximum Gasteiger partial charge on any atom is 0.425 e. The Balaban J connectivity index is 3.10. The normalized spacial score (nSPS) is 22.8. The van der Waals surface area contributed by atoms with Gasteiger partial charge in [0.15, 0.2) is 0 Å². The fraction of sp³-hybridized carbons (Fsp3) is 0.857. The number of alkyl halides is 3. The quantitative estimate of drug-likeness (QED) is 0.745. The fourth-order valence-corrected chi connectivity index (χ4v) is 2.10. The number of nitrogens with one attached hydrogen (secondary N) is 1. The smallest absolute Gasteiger partial charge is 0.278 e. The van der Waals surface area contributed by atoms with E-state index in [0.29, 0.717) is 0 Å². The third-order valence-electron chi connectivity index (χ3n) is 1.87. The maximum atomic E-state index is 12.4. The molecule has 0 aromatic rings. The van der Waals surface area contributed by atoms with Crippen molar-refractivity contribution in [3.8, 4) is 0 Å². The summed E-state index contributed by atoms with van der Waals surface area (Å²) < 4.78 is 59.6. The molecule has 0 aromatic heterocycles. The molecule has 1 aliphatic rings. The van der Waals surface area contributed by atoms with Crippen LogP contribution in [-0.4, -0.2) is 43.2 Å². The zero-order valence-electron chi connectivity index (χ0n) is 8.91. The van der Waals surface area contributed by atoms with Gasteiger partial charge in [-0.15, -0.1) is 0 Å². The molecule has 0 saturated carbocycles. The molecule has 0 aromatic carbocycles. The van der Waals surface area contributed by atoms with Crippen molar-refractivity contribution in [3.63, 3.8) is 0 Å². The van der Waals surface area contributed by atoms with E-state index in [1.165, 1.54) is 0 Å². The summed E-state index contributed by atoms with van der Waals surface area (Å²) in [5.41, 5.74) is 2.01. The third-order valence-corrected chi connectivity index (χ3v) is 2.83. The minimum atomic E-state index is -4.61.